The zero-order chi connectivity index (χ0) is 29.3. The fraction of sp³-hybridized carbons (Fsp3) is 0.280. The summed E-state index contributed by atoms with van der Waals surface area (Å²) in [6.45, 7) is -0.405. The van der Waals surface area contributed by atoms with Crippen LogP contribution in [0.3, 0.4) is 0 Å². The number of amides is 1. The van der Waals surface area contributed by atoms with E-state index in [9.17, 15) is 31.5 Å². The molecule has 0 aliphatic heterocycles. The molecular weight excluding hydrogens is 579 g/mol. The summed E-state index contributed by atoms with van der Waals surface area (Å²) in [7, 11) is -3.06. The van der Waals surface area contributed by atoms with E-state index >= 15 is 0 Å². The van der Waals surface area contributed by atoms with Crippen LogP contribution in [0.25, 0.3) is 0 Å². The number of ether oxygens (including phenoxy) is 3. The van der Waals surface area contributed by atoms with Crippen LogP contribution >= 0.6 is 11.6 Å². The fourth-order valence-corrected chi connectivity index (χ4v) is 4.55. The van der Waals surface area contributed by atoms with Crippen molar-refractivity contribution in [3.05, 3.63) is 82.5 Å². The summed E-state index contributed by atoms with van der Waals surface area (Å²) in [5, 5.41) is 9.23. The van der Waals surface area contributed by atoms with Crippen LogP contribution in [0, 0.1) is 0 Å². The van der Waals surface area contributed by atoms with E-state index in [1.54, 1.807) is 30.3 Å². The lowest BCUT2D eigenvalue weighted by molar-refractivity contribution is -0.137. The number of hydrogen-bond donors (Lipinski definition) is 2. The number of alkyl halides is 3. The van der Waals surface area contributed by atoms with Gasteiger partial charge in [0.25, 0.3) is 0 Å². The molecule has 2 aromatic carbocycles. The molecule has 1 aromatic heterocycles. The summed E-state index contributed by atoms with van der Waals surface area (Å²) >= 11 is 5.97. The van der Waals surface area contributed by atoms with Crippen LogP contribution in [0.15, 0.2) is 60.8 Å². The van der Waals surface area contributed by atoms with Crippen LogP contribution in [0.5, 0.6) is 17.4 Å². The van der Waals surface area contributed by atoms with Gasteiger partial charge in [0, 0.05) is 31.5 Å². The minimum absolute atomic E-state index is 0.0349. The van der Waals surface area contributed by atoms with Crippen LogP contribution in [0.2, 0.25) is 5.02 Å². The standard InChI is InChI=1S/C25H25ClF3N3O7S/c1-37-11-12-38-20-8-7-18(22(14-20)39-23-21(26)13-19(15-30-23)25(27,28)29)16-32(24(33)34)40(35,36)31-10-9-17-5-3-2-4-6-17/h2-8,13-15,31H,9-12,16H2,1H3,(H,33,34). The number of carboxylic acid groups (broad SMARTS) is 1. The van der Waals surface area contributed by atoms with Gasteiger partial charge in [0.15, 0.2) is 0 Å². The Morgan fingerprint density at radius 2 is 1.85 bits per heavy atom. The van der Waals surface area contributed by atoms with E-state index in [2.05, 4.69) is 9.71 Å². The van der Waals surface area contributed by atoms with Crippen molar-refractivity contribution in [3.63, 3.8) is 0 Å². The largest absolute Gasteiger partial charge is 0.491 e. The highest BCUT2D eigenvalue weighted by Crippen LogP contribution is 2.36. The van der Waals surface area contributed by atoms with E-state index in [1.807, 2.05) is 0 Å². The number of rotatable bonds is 13. The Hall–Kier alpha value is -3.59. The molecule has 0 spiro atoms. The number of nitrogens with one attached hydrogen (secondary N) is 1. The number of methoxy groups -OCH3 is 1. The second-order valence-corrected chi connectivity index (χ2v) is 10.2. The lowest BCUT2D eigenvalue weighted by Crippen LogP contribution is -2.43. The molecule has 1 heterocycles. The third kappa shape index (κ3) is 8.71. The highest BCUT2D eigenvalue weighted by atomic mass is 35.5. The minimum Gasteiger partial charge on any atom is -0.491 e. The quantitative estimate of drug-likeness (QED) is 0.258. The highest BCUT2D eigenvalue weighted by molar-refractivity contribution is 7.87. The van der Waals surface area contributed by atoms with Gasteiger partial charge in [-0.2, -0.15) is 30.6 Å². The average molecular weight is 604 g/mol. The summed E-state index contributed by atoms with van der Waals surface area (Å²) in [5.74, 6) is -0.338. The lowest BCUT2D eigenvalue weighted by atomic mass is 10.2. The maximum atomic E-state index is 13.0. The van der Waals surface area contributed by atoms with E-state index in [0.717, 1.165) is 5.56 Å². The molecule has 216 valence electrons. The first kappa shape index (κ1) is 30.9. The SMILES string of the molecule is COCCOc1ccc(CN(C(=O)O)S(=O)(=O)NCCc2ccccc2)c(Oc2ncc(C(F)(F)F)cc2Cl)c1. The van der Waals surface area contributed by atoms with Crippen molar-refractivity contribution in [2.75, 3.05) is 26.9 Å². The van der Waals surface area contributed by atoms with Crippen LogP contribution in [-0.4, -0.2) is 55.8 Å². The van der Waals surface area contributed by atoms with Gasteiger partial charge in [-0.05, 0) is 30.2 Å². The highest BCUT2D eigenvalue weighted by Gasteiger charge is 2.32. The van der Waals surface area contributed by atoms with Gasteiger partial charge in [0.05, 0.1) is 18.7 Å². The molecule has 0 saturated carbocycles. The van der Waals surface area contributed by atoms with E-state index < -0.39 is 45.5 Å². The Kier molecular flexibility index (Phi) is 10.6. The van der Waals surface area contributed by atoms with Crippen molar-refractivity contribution in [2.24, 2.45) is 0 Å². The molecule has 15 heteroatoms. The summed E-state index contributed by atoms with van der Waals surface area (Å²) in [5.41, 5.74) is -0.230. The molecule has 40 heavy (non-hydrogen) atoms. The van der Waals surface area contributed by atoms with Crippen LogP contribution in [0.4, 0.5) is 18.0 Å². The number of hydrogen-bond acceptors (Lipinski definition) is 7. The Bertz CT molecular complexity index is 1410. The number of aromatic nitrogens is 1. The summed E-state index contributed by atoms with van der Waals surface area (Å²) in [6, 6.07) is 13.7. The average Bonchev–Trinajstić information content (AvgIpc) is 2.89. The number of pyridine rings is 1. The van der Waals surface area contributed by atoms with E-state index in [-0.39, 0.29) is 41.1 Å². The third-order valence-electron chi connectivity index (χ3n) is 5.29. The van der Waals surface area contributed by atoms with Crippen molar-refractivity contribution in [2.45, 2.75) is 19.1 Å². The molecule has 0 unspecified atom stereocenters. The van der Waals surface area contributed by atoms with Gasteiger partial charge < -0.3 is 19.3 Å². The number of nitrogens with zero attached hydrogens (tertiary/aromatic N) is 2. The smallest absolute Gasteiger partial charge is 0.422 e. The summed E-state index contributed by atoms with van der Waals surface area (Å²) in [4.78, 5) is 15.6. The van der Waals surface area contributed by atoms with Gasteiger partial charge in [0.1, 0.15) is 23.1 Å². The zero-order valence-electron chi connectivity index (χ0n) is 21.0. The van der Waals surface area contributed by atoms with Gasteiger partial charge in [-0.25, -0.2) is 9.78 Å². The Morgan fingerprint density at radius 1 is 1.12 bits per heavy atom. The van der Waals surface area contributed by atoms with E-state index in [0.29, 0.717) is 18.7 Å². The molecule has 3 aromatic rings. The maximum Gasteiger partial charge on any atom is 0.422 e. The normalized spacial score (nSPS) is 11.7. The van der Waals surface area contributed by atoms with Crippen molar-refractivity contribution in [1.29, 1.82) is 0 Å². The molecule has 2 N–H and O–H groups in total. The van der Waals surface area contributed by atoms with Gasteiger partial charge in [-0.1, -0.05) is 41.9 Å². The summed E-state index contributed by atoms with van der Waals surface area (Å²) < 4.78 is 83.3. The number of carbonyl (C=O) groups is 1. The second kappa shape index (κ2) is 13.7. The Morgan fingerprint density at radius 3 is 2.48 bits per heavy atom. The molecule has 0 radical (unpaired) electrons. The van der Waals surface area contributed by atoms with Crippen LogP contribution in [-0.2, 0) is 34.1 Å². The lowest BCUT2D eigenvalue weighted by Gasteiger charge is -2.21. The number of benzene rings is 2. The molecular formula is C25H25ClF3N3O7S. The van der Waals surface area contributed by atoms with Crippen LogP contribution < -0.4 is 14.2 Å². The first-order valence-corrected chi connectivity index (χ1v) is 13.4. The predicted molar refractivity (Wildman–Crippen MR) is 139 cm³/mol. The molecule has 0 aliphatic rings. The maximum absolute atomic E-state index is 13.0. The predicted octanol–water partition coefficient (Wildman–Crippen LogP) is 5.13. The van der Waals surface area contributed by atoms with Crippen LogP contribution in [0.1, 0.15) is 16.7 Å². The van der Waals surface area contributed by atoms with Crippen molar-refractivity contribution in [1.82, 2.24) is 14.0 Å². The number of halogens is 4. The van der Waals surface area contributed by atoms with Gasteiger partial charge in [-0.15, -0.1) is 0 Å². The molecule has 0 aliphatic carbocycles. The first-order chi connectivity index (χ1) is 18.9. The van der Waals surface area contributed by atoms with Gasteiger partial charge in [-0.3, -0.25) is 0 Å². The van der Waals surface area contributed by atoms with E-state index in [4.69, 9.17) is 25.8 Å². The summed E-state index contributed by atoms with van der Waals surface area (Å²) in [6.07, 6.45) is -5.64. The Labute approximate surface area is 233 Å². The van der Waals surface area contributed by atoms with Gasteiger partial charge in [0.2, 0.25) is 5.88 Å². The van der Waals surface area contributed by atoms with Crippen molar-refractivity contribution >= 4 is 27.9 Å². The monoisotopic (exact) mass is 603 g/mol. The topological polar surface area (TPSA) is 127 Å². The molecule has 3 rings (SSSR count). The molecule has 1 amide bonds. The first-order valence-electron chi connectivity index (χ1n) is 11.6. The fourth-order valence-electron chi connectivity index (χ4n) is 3.31. The molecule has 10 nitrogen and oxygen atoms in total. The zero-order valence-corrected chi connectivity index (χ0v) is 22.6. The van der Waals surface area contributed by atoms with Crippen molar-refractivity contribution in [3.8, 4) is 17.4 Å². The minimum atomic E-state index is -4.70. The molecule has 0 fully saturated rings. The van der Waals surface area contributed by atoms with Crippen molar-refractivity contribution < 1.29 is 45.7 Å². The molecule has 0 saturated heterocycles. The Balaban J connectivity index is 1.88. The molecule has 0 atom stereocenters. The second-order valence-electron chi connectivity index (χ2n) is 8.15. The third-order valence-corrected chi connectivity index (χ3v) is 7.00. The van der Waals surface area contributed by atoms with Gasteiger partial charge >= 0.3 is 22.5 Å². The van der Waals surface area contributed by atoms with E-state index in [1.165, 1.54) is 25.3 Å². The molecule has 0 bridgehead atoms.